The Bertz CT molecular complexity index is 1020. The lowest BCUT2D eigenvalue weighted by Crippen LogP contribution is -2.54. The van der Waals surface area contributed by atoms with Gasteiger partial charge in [0, 0.05) is 16.8 Å². The van der Waals surface area contributed by atoms with Gasteiger partial charge < -0.3 is 10.6 Å². The molecule has 1 aliphatic carbocycles. The van der Waals surface area contributed by atoms with E-state index in [0.717, 1.165) is 24.2 Å². The summed E-state index contributed by atoms with van der Waals surface area (Å²) in [6.07, 6.45) is 3.41. The Kier molecular flexibility index (Phi) is 5.59. The van der Waals surface area contributed by atoms with Gasteiger partial charge in [0.1, 0.15) is 5.54 Å². The van der Waals surface area contributed by atoms with Crippen LogP contribution in [0, 0.1) is 5.92 Å². The van der Waals surface area contributed by atoms with Crippen LogP contribution >= 0.6 is 0 Å². The Morgan fingerprint density at radius 1 is 1.03 bits per heavy atom. The maximum atomic E-state index is 13.0. The molecule has 2 aliphatic rings. The molecule has 2 atom stereocenters. The molecule has 0 radical (unpaired) electrons. The number of benzene rings is 2. The number of Topliss-reactive ketones (excluding diaryl/α,β-unsaturated/α-hetero) is 1. The van der Waals surface area contributed by atoms with Crippen molar-refractivity contribution in [3.8, 4) is 0 Å². The van der Waals surface area contributed by atoms with Gasteiger partial charge in [-0.25, -0.2) is 4.79 Å². The number of carbonyl (C=O) groups is 4. The quantitative estimate of drug-likeness (QED) is 0.572. The van der Waals surface area contributed by atoms with E-state index in [2.05, 4.69) is 10.6 Å². The molecular weight excluding hydrogens is 394 g/mol. The number of hydrogen-bond donors (Lipinski definition) is 2. The second-order valence-corrected chi connectivity index (χ2v) is 8.26. The molecule has 2 fully saturated rings. The summed E-state index contributed by atoms with van der Waals surface area (Å²) in [7, 11) is 0. The van der Waals surface area contributed by atoms with Gasteiger partial charge in [0.05, 0.1) is 6.54 Å². The molecule has 160 valence electrons. The molecular formula is C24H25N3O4. The van der Waals surface area contributed by atoms with Crippen LogP contribution in [-0.2, 0) is 4.79 Å². The second-order valence-electron chi connectivity index (χ2n) is 8.26. The largest absolute Gasteiger partial charge is 0.325 e. The summed E-state index contributed by atoms with van der Waals surface area (Å²) in [6, 6.07) is 14.8. The van der Waals surface area contributed by atoms with E-state index in [9.17, 15) is 19.2 Å². The summed E-state index contributed by atoms with van der Waals surface area (Å²) in [5.74, 6) is -0.828. The fourth-order valence-electron chi connectivity index (χ4n) is 4.41. The zero-order chi connectivity index (χ0) is 22.0. The molecule has 0 unspecified atom stereocenters. The van der Waals surface area contributed by atoms with E-state index in [-0.39, 0.29) is 30.1 Å². The average Bonchev–Trinajstić information content (AvgIpc) is 3.01. The molecule has 2 N–H and O–H groups in total. The van der Waals surface area contributed by atoms with Crippen LogP contribution in [-0.4, -0.2) is 40.6 Å². The summed E-state index contributed by atoms with van der Waals surface area (Å²) in [5.41, 5.74) is 0.583. The lowest BCUT2D eigenvalue weighted by Gasteiger charge is -2.36. The van der Waals surface area contributed by atoms with Crippen molar-refractivity contribution in [2.45, 2.75) is 38.1 Å². The standard InChI is InChI=1S/C24H25N3O4/c1-16-7-5-6-14-24(16)22(30)27(23(31)26-24)15-20(28)17-10-12-19(13-11-17)25-21(29)18-8-3-2-4-9-18/h2-4,8-13,16H,5-7,14-15H2,1H3,(H,25,29)(H,26,31)/t16-,24+/m0/s1. The molecule has 0 aromatic heterocycles. The lowest BCUT2D eigenvalue weighted by atomic mass is 9.73. The number of imide groups is 1. The van der Waals surface area contributed by atoms with Gasteiger partial charge in [-0.05, 0) is 55.2 Å². The lowest BCUT2D eigenvalue weighted by molar-refractivity contribution is -0.133. The fraction of sp³-hybridized carbons (Fsp3) is 0.333. The predicted molar refractivity (Wildman–Crippen MR) is 116 cm³/mol. The number of nitrogens with zero attached hydrogens (tertiary/aromatic N) is 1. The highest BCUT2D eigenvalue weighted by atomic mass is 16.2. The smallest absolute Gasteiger partial charge is 0.323 e. The van der Waals surface area contributed by atoms with Crippen molar-refractivity contribution in [3.05, 3.63) is 65.7 Å². The molecule has 1 spiro atoms. The monoisotopic (exact) mass is 419 g/mol. The number of amides is 4. The van der Waals surface area contributed by atoms with Crippen LogP contribution in [0.25, 0.3) is 0 Å². The first-order valence-corrected chi connectivity index (χ1v) is 10.5. The van der Waals surface area contributed by atoms with Crippen LogP contribution in [0.2, 0.25) is 0 Å². The SMILES string of the molecule is C[C@H]1CCCC[C@@]12NC(=O)N(CC(=O)c1ccc(NC(=O)c3ccccc3)cc1)C2=O. The first-order valence-electron chi connectivity index (χ1n) is 10.5. The maximum absolute atomic E-state index is 13.0. The van der Waals surface area contributed by atoms with Crippen LogP contribution in [0.4, 0.5) is 10.5 Å². The van der Waals surface area contributed by atoms with Gasteiger partial charge in [-0.1, -0.05) is 38.0 Å². The van der Waals surface area contributed by atoms with E-state index in [1.807, 2.05) is 13.0 Å². The van der Waals surface area contributed by atoms with Gasteiger partial charge in [0.2, 0.25) is 0 Å². The fourth-order valence-corrected chi connectivity index (χ4v) is 4.41. The van der Waals surface area contributed by atoms with Crippen molar-refractivity contribution >= 4 is 29.3 Å². The summed E-state index contributed by atoms with van der Waals surface area (Å²) < 4.78 is 0. The van der Waals surface area contributed by atoms with Gasteiger partial charge in [0.25, 0.3) is 11.8 Å². The van der Waals surface area contributed by atoms with Gasteiger partial charge >= 0.3 is 6.03 Å². The molecule has 2 aromatic carbocycles. The van der Waals surface area contributed by atoms with E-state index < -0.39 is 11.6 Å². The Balaban J connectivity index is 1.41. The normalized spacial score (nSPS) is 23.0. The number of rotatable bonds is 5. The number of anilines is 1. The summed E-state index contributed by atoms with van der Waals surface area (Å²) >= 11 is 0. The zero-order valence-corrected chi connectivity index (χ0v) is 17.4. The van der Waals surface area contributed by atoms with Crippen LogP contribution in [0.3, 0.4) is 0 Å². The van der Waals surface area contributed by atoms with Gasteiger partial charge in [-0.15, -0.1) is 0 Å². The highest BCUT2D eigenvalue weighted by Gasteiger charge is 2.55. The summed E-state index contributed by atoms with van der Waals surface area (Å²) in [5, 5.41) is 5.64. The summed E-state index contributed by atoms with van der Waals surface area (Å²) in [4.78, 5) is 51.5. The molecule has 0 bridgehead atoms. The Morgan fingerprint density at radius 3 is 2.42 bits per heavy atom. The van der Waals surface area contributed by atoms with E-state index in [1.54, 1.807) is 48.5 Å². The average molecular weight is 419 g/mol. The molecule has 31 heavy (non-hydrogen) atoms. The first kappa shape index (κ1) is 20.8. The Hall–Kier alpha value is -3.48. The maximum Gasteiger partial charge on any atom is 0.325 e. The van der Waals surface area contributed by atoms with Gasteiger partial charge in [-0.3, -0.25) is 19.3 Å². The topological polar surface area (TPSA) is 95.6 Å². The molecule has 4 rings (SSSR count). The van der Waals surface area contributed by atoms with E-state index in [1.165, 1.54) is 0 Å². The molecule has 7 nitrogen and oxygen atoms in total. The van der Waals surface area contributed by atoms with Crippen molar-refractivity contribution in [2.24, 2.45) is 5.92 Å². The third-order valence-corrected chi connectivity index (χ3v) is 6.30. The van der Waals surface area contributed by atoms with Crippen molar-refractivity contribution in [1.29, 1.82) is 0 Å². The number of carbonyl (C=O) groups excluding carboxylic acids is 4. The Morgan fingerprint density at radius 2 is 1.74 bits per heavy atom. The molecule has 4 amide bonds. The number of urea groups is 1. The predicted octanol–water partition coefficient (Wildman–Crippen LogP) is 3.62. The highest BCUT2D eigenvalue weighted by Crippen LogP contribution is 2.38. The summed E-state index contributed by atoms with van der Waals surface area (Å²) in [6.45, 7) is 1.68. The van der Waals surface area contributed by atoms with E-state index >= 15 is 0 Å². The van der Waals surface area contributed by atoms with Crippen molar-refractivity contribution in [2.75, 3.05) is 11.9 Å². The third kappa shape index (κ3) is 3.95. The van der Waals surface area contributed by atoms with E-state index in [0.29, 0.717) is 23.2 Å². The van der Waals surface area contributed by atoms with Crippen molar-refractivity contribution < 1.29 is 19.2 Å². The number of nitrogens with one attached hydrogen (secondary N) is 2. The minimum absolute atomic E-state index is 0.0466. The molecule has 1 saturated carbocycles. The molecule has 7 heteroatoms. The van der Waals surface area contributed by atoms with Crippen LogP contribution in [0.15, 0.2) is 54.6 Å². The first-order chi connectivity index (χ1) is 14.9. The highest BCUT2D eigenvalue weighted by molar-refractivity contribution is 6.11. The van der Waals surface area contributed by atoms with Crippen LogP contribution in [0.5, 0.6) is 0 Å². The van der Waals surface area contributed by atoms with Crippen LogP contribution < -0.4 is 10.6 Å². The van der Waals surface area contributed by atoms with E-state index in [4.69, 9.17) is 0 Å². The van der Waals surface area contributed by atoms with Gasteiger partial charge in [0.15, 0.2) is 5.78 Å². The second kappa shape index (κ2) is 8.34. The zero-order valence-electron chi connectivity index (χ0n) is 17.4. The molecule has 2 aromatic rings. The molecule has 1 saturated heterocycles. The van der Waals surface area contributed by atoms with Crippen LogP contribution in [0.1, 0.15) is 53.3 Å². The minimum atomic E-state index is -0.874. The van der Waals surface area contributed by atoms with Gasteiger partial charge in [-0.2, -0.15) is 0 Å². The number of ketones is 1. The molecule has 1 aliphatic heterocycles. The Labute approximate surface area is 180 Å². The molecule has 1 heterocycles. The minimum Gasteiger partial charge on any atom is -0.323 e. The van der Waals surface area contributed by atoms with Crippen molar-refractivity contribution in [1.82, 2.24) is 10.2 Å². The van der Waals surface area contributed by atoms with Crippen molar-refractivity contribution in [3.63, 3.8) is 0 Å². The number of hydrogen-bond acceptors (Lipinski definition) is 4. The third-order valence-electron chi connectivity index (χ3n) is 6.30.